The van der Waals surface area contributed by atoms with Crippen molar-refractivity contribution in [2.24, 2.45) is 0 Å². The molecule has 0 aliphatic carbocycles. The van der Waals surface area contributed by atoms with Crippen LogP contribution in [0.5, 0.6) is 11.5 Å². The van der Waals surface area contributed by atoms with Crippen LogP contribution >= 0.6 is 0 Å². The smallest absolute Gasteiger partial charge is 0.291 e. The van der Waals surface area contributed by atoms with Gasteiger partial charge in [-0.15, -0.1) is 0 Å². The molecule has 8 heteroatoms. The van der Waals surface area contributed by atoms with Gasteiger partial charge in [0.05, 0.1) is 12.8 Å². The quantitative estimate of drug-likeness (QED) is 0.631. The Morgan fingerprint density at radius 3 is 2.67 bits per heavy atom. The van der Waals surface area contributed by atoms with Gasteiger partial charge in [-0.3, -0.25) is 14.5 Å². The second kappa shape index (κ2) is 10.5. The zero-order valence-electron chi connectivity index (χ0n) is 19.1. The zero-order valence-corrected chi connectivity index (χ0v) is 19.1. The van der Waals surface area contributed by atoms with Gasteiger partial charge in [0.1, 0.15) is 5.75 Å². The summed E-state index contributed by atoms with van der Waals surface area (Å²) in [7, 11) is 1.58. The highest BCUT2D eigenvalue weighted by molar-refractivity contribution is 6.09. The summed E-state index contributed by atoms with van der Waals surface area (Å²) in [5, 5.41) is 5.79. The number of hydrogen-bond donors (Lipinski definition) is 2. The van der Waals surface area contributed by atoms with Gasteiger partial charge in [-0.1, -0.05) is 25.1 Å². The number of carbonyl (C=O) groups excluding carboxylic acids is 2. The van der Waals surface area contributed by atoms with Gasteiger partial charge in [0, 0.05) is 50.4 Å². The summed E-state index contributed by atoms with van der Waals surface area (Å²) in [4.78, 5) is 30.0. The molecule has 2 heterocycles. The van der Waals surface area contributed by atoms with Crippen LogP contribution in [0.2, 0.25) is 0 Å². The molecule has 2 amide bonds. The summed E-state index contributed by atoms with van der Waals surface area (Å²) >= 11 is 0. The molecule has 0 atom stereocenters. The lowest BCUT2D eigenvalue weighted by atomic mass is 10.1. The van der Waals surface area contributed by atoms with E-state index in [-0.39, 0.29) is 17.6 Å². The van der Waals surface area contributed by atoms with Crippen LogP contribution in [0.1, 0.15) is 22.8 Å². The predicted octanol–water partition coefficient (Wildman–Crippen LogP) is 2.43. The molecule has 2 aromatic carbocycles. The molecule has 0 spiro atoms. The van der Waals surface area contributed by atoms with Gasteiger partial charge in [-0.2, -0.15) is 0 Å². The molecule has 33 heavy (non-hydrogen) atoms. The second-order valence-electron chi connectivity index (χ2n) is 8.05. The fourth-order valence-electron chi connectivity index (χ4n) is 3.99. The van der Waals surface area contributed by atoms with Gasteiger partial charge < -0.3 is 25.0 Å². The molecule has 2 aromatic rings. The van der Waals surface area contributed by atoms with Crippen molar-refractivity contribution in [2.75, 3.05) is 58.2 Å². The summed E-state index contributed by atoms with van der Waals surface area (Å²) in [5.74, 6) is 0.742. The van der Waals surface area contributed by atoms with Gasteiger partial charge in [0.15, 0.2) is 11.5 Å². The first kappa shape index (κ1) is 22.8. The summed E-state index contributed by atoms with van der Waals surface area (Å²) in [6.07, 6.45) is 1.64. The lowest BCUT2D eigenvalue weighted by Crippen LogP contribution is -2.48. The number of benzene rings is 2. The number of para-hydroxylation sites is 1. The average molecular weight is 451 g/mol. The maximum atomic E-state index is 12.6. The highest BCUT2D eigenvalue weighted by Crippen LogP contribution is 2.33. The Morgan fingerprint density at radius 2 is 1.91 bits per heavy atom. The molecule has 4 rings (SSSR count). The van der Waals surface area contributed by atoms with Crippen molar-refractivity contribution in [3.63, 3.8) is 0 Å². The van der Waals surface area contributed by atoms with E-state index in [1.54, 1.807) is 31.4 Å². The maximum absolute atomic E-state index is 12.6. The summed E-state index contributed by atoms with van der Waals surface area (Å²) < 4.78 is 11.1. The molecule has 2 N–H and O–H groups in total. The third-order valence-electron chi connectivity index (χ3n) is 5.98. The second-order valence-corrected chi connectivity index (χ2v) is 8.05. The molecule has 2 aliphatic rings. The molecule has 2 aliphatic heterocycles. The number of piperazine rings is 1. The normalized spacial score (nSPS) is 17.8. The highest BCUT2D eigenvalue weighted by Gasteiger charge is 2.24. The number of likely N-dealkylation sites (N-methyl/N-ethyl adjacent to an activating group) is 1. The number of methoxy groups -OCH3 is 1. The Hall–Kier alpha value is -3.36. The minimum Gasteiger partial charge on any atom is -0.496 e. The molecule has 0 unspecified atom stereocenters. The Labute approximate surface area is 194 Å². The van der Waals surface area contributed by atoms with Crippen LogP contribution in [0.4, 0.5) is 5.69 Å². The SMILES string of the molecule is CCN1CCN(CCNC(=O)c2ccc3c(c2)NC(=O)/C(=C\c2ccccc2OC)O3)CC1. The van der Waals surface area contributed by atoms with Crippen LogP contribution in [-0.4, -0.2) is 74.5 Å². The van der Waals surface area contributed by atoms with Gasteiger partial charge in [0.2, 0.25) is 0 Å². The summed E-state index contributed by atoms with van der Waals surface area (Å²) in [6.45, 7) is 8.86. The molecule has 1 saturated heterocycles. The fourth-order valence-corrected chi connectivity index (χ4v) is 3.99. The van der Waals surface area contributed by atoms with Crippen molar-refractivity contribution < 1.29 is 19.1 Å². The third-order valence-corrected chi connectivity index (χ3v) is 5.98. The van der Waals surface area contributed by atoms with Gasteiger partial charge >= 0.3 is 0 Å². The van der Waals surface area contributed by atoms with Gasteiger partial charge in [-0.25, -0.2) is 0 Å². The number of amides is 2. The molecule has 8 nitrogen and oxygen atoms in total. The van der Waals surface area contributed by atoms with E-state index < -0.39 is 0 Å². The first-order valence-electron chi connectivity index (χ1n) is 11.3. The van der Waals surface area contributed by atoms with Crippen molar-refractivity contribution in [3.8, 4) is 11.5 Å². The molecule has 174 valence electrons. The minimum absolute atomic E-state index is 0.160. The molecule has 1 fully saturated rings. The molecular weight excluding hydrogens is 420 g/mol. The molecular formula is C25H30N4O4. The third kappa shape index (κ3) is 5.53. The van der Waals surface area contributed by atoms with Crippen LogP contribution < -0.4 is 20.1 Å². The van der Waals surface area contributed by atoms with Crippen molar-refractivity contribution in [1.29, 1.82) is 0 Å². The number of rotatable bonds is 7. The van der Waals surface area contributed by atoms with Crippen LogP contribution in [0.25, 0.3) is 6.08 Å². The maximum Gasteiger partial charge on any atom is 0.291 e. The molecule has 0 aromatic heterocycles. The van der Waals surface area contributed by atoms with E-state index in [4.69, 9.17) is 9.47 Å². The molecule has 0 bridgehead atoms. The monoisotopic (exact) mass is 450 g/mol. The number of hydrogen-bond acceptors (Lipinski definition) is 6. The van der Waals surface area contributed by atoms with E-state index in [0.29, 0.717) is 29.3 Å². The number of carbonyl (C=O) groups is 2. The molecule has 0 radical (unpaired) electrons. The van der Waals surface area contributed by atoms with Crippen LogP contribution in [0.3, 0.4) is 0 Å². The van der Waals surface area contributed by atoms with Crippen LogP contribution in [0, 0.1) is 0 Å². The number of anilines is 1. The van der Waals surface area contributed by atoms with Crippen molar-refractivity contribution >= 4 is 23.6 Å². The number of ether oxygens (including phenoxy) is 2. The predicted molar refractivity (Wildman–Crippen MR) is 128 cm³/mol. The Balaban J connectivity index is 1.36. The van der Waals surface area contributed by atoms with E-state index in [2.05, 4.69) is 27.4 Å². The van der Waals surface area contributed by atoms with Gasteiger partial charge in [-0.05, 0) is 36.9 Å². The van der Waals surface area contributed by atoms with Crippen molar-refractivity contribution in [3.05, 3.63) is 59.4 Å². The Morgan fingerprint density at radius 1 is 1.15 bits per heavy atom. The number of nitrogens with one attached hydrogen (secondary N) is 2. The lowest BCUT2D eigenvalue weighted by Gasteiger charge is -2.33. The first-order valence-corrected chi connectivity index (χ1v) is 11.3. The topological polar surface area (TPSA) is 83.1 Å². The van der Waals surface area contributed by atoms with Crippen molar-refractivity contribution in [2.45, 2.75) is 6.92 Å². The van der Waals surface area contributed by atoms with E-state index in [9.17, 15) is 9.59 Å². The minimum atomic E-state index is -0.378. The number of fused-ring (bicyclic) bond motifs is 1. The zero-order chi connectivity index (χ0) is 23.2. The summed E-state index contributed by atoms with van der Waals surface area (Å²) in [5.41, 5.74) is 1.69. The van der Waals surface area contributed by atoms with Crippen molar-refractivity contribution in [1.82, 2.24) is 15.1 Å². The number of nitrogens with zero attached hydrogens (tertiary/aromatic N) is 2. The van der Waals surface area contributed by atoms with Crippen LogP contribution in [-0.2, 0) is 4.79 Å². The lowest BCUT2D eigenvalue weighted by molar-refractivity contribution is -0.115. The van der Waals surface area contributed by atoms with E-state index in [1.807, 2.05) is 24.3 Å². The van der Waals surface area contributed by atoms with E-state index in [1.165, 1.54) is 0 Å². The Kier molecular flexibility index (Phi) is 7.26. The van der Waals surface area contributed by atoms with Gasteiger partial charge in [0.25, 0.3) is 11.8 Å². The average Bonchev–Trinajstić information content (AvgIpc) is 2.85. The van der Waals surface area contributed by atoms with E-state index >= 15 is 0 Å². The largest absolute Gasteiger partial charge is 0.496 e. The standard InChI is InChI=1S/C25H30N4O4/c1-3-28-12-14-29(15-13-28)11-10-26-24(30)19-8-9-22-20(16-19)27-25(31)23(33-22)17-18-6-4-5-7-21(18)32-2/h4-9,16-17H,3,10-15H2,1-2H3,(H,26,30)(H,27,31)/b23-17+. The Bertz CT molecular complexity index is 1040. The van der Waals surface area contributed by atoms with E-state index in [0.717, 1.165) is 44.8 Å². The summed E-state index contributed by atoms with van der Waals surface area (Å²) in [6, 6.07) is 12.4. The fraction of sp³-hybridized carbons (Fsp3) is 0.360. The van der Waals surface area contributed by atoms with Crippen LogP contribution in [0.15, 0.2) is 48.2 Å². The first-order chi connectivity index (χ1) is 16.1. The highest BCUT2D eigenvalue weighted by atomic mass is 16.5. The molecule has 0 saturated carbocycles.